The minimum Gasteiger partial charge on any atom is -0.497 e. The Bertz CT molecular complexity index is 640. The number of aryl methyl sites for hydroxylation is 1. The third-order valence-corrected chi connectivity index (χ3v) is 3.59. The molecule has 0 saturated carbocycles. The van der Waals surface area contributed by atoms with E-state index in [9.17, 15) is 0 Å². The van der Waals surface area contributed by atoms with Gasteiger partial charge in [-0.1, -0.05) is 12.1 Å². The number of nitrogens with zero attached hydrogens (tertiary/aromatic N) is 5. The average Bonchev–Trinajstić information content (AvgIpc) is 3.03. The summed E-state index contributed by atoms with van der Waals surface area (Å²) in [6.07, 6.45) is 1.74. The van der Waals surface area contributed by atoms with Gasteiger partial charge in [0, 0.05) is 27.2 Å². The van der Waals surface area contributed by atoms with Crippen LogP contribution < -0.4 is 10.1 Å². The predicted molar refractivity (Wildman–Crippen MR) is 106 cm³/mol. The lowest BCUT2D eigenvalue weighted by atomic mass is 10.2. The summed E-state index contributed by atoms with van der Waals surface area (Å²) in [5, 5.41) is 11.4. The molecule has 0 unspecified atom stereocenters. The topological polar surface area (TPSA) is 67.6 Å². The average molecular weight is 444 g/mol. The van der Waals surface area contributed by atoms with Crippen LogP contribution in [0.2, 0.25) is 0 Å². The highest BCUT2D eigenvalue weighted by molar-refractivity contribution is 14.0. The number of aromatic nitrogens is 3. The molecule has 0 amide bonds. The number of halogens is 1. The molecule has 0 aliphatic rings. The smallest absolute Gasteiger partial charge is 0.194 e. The lowest BCUT2D eigenvalue weighted by molar-refractivity contribution is 0.414. The normalized spacial score (nSPS) is 10.9. The molecule has 0 fully saturated rings. The minimum absolute atomic E-state index is 0. The summed E-state index contributed by atoms with van der Waals surface area (Å²) in [7, 11) is 5.45. The van der Waals surface area contributed by atoms with Crippen molar-refractivity contribution in [2.45, 2.75) is 26.6 Å². The van der Waals surface area contributed by atoms with Crippen LogP contribution in [0.5, 0.6) is 5.75 Å². The van der Waals surface area contributed by atoms with Crippen molar-refractivity contribution in [2.75, 3.05) is 21.2 Å². The van der Waals surface area contributed by atoms with Crippen LogP contribution in [0, 0.1) is 0 Å². The third-order valence-electron chi connectivity index (χ3n) is 3.59. The van der Waals surface area contributed by atoms with Gasteiger partial charge in [0.15, 0.2) is 11.8 Å². The van der Waals surface area contributed by atoms with Crippen LogP contribution in [0.1, 0.15) is 18.3 Å². The van der Waals surface area contributed by atoms with Gasteiger partial charge in [-0.2, -0.15) is 0 Å². The van der Waals surface area contributed by atoms with E-state index >= 15 is 0 Å². The number of hydrogen-bond donors (Lipinski definition) is 1. The van der Waals surface area contributed by atoms with E-state index in [-0.39, 0.29) is 24.0 Å². The minimum atomic E-state index is 0. The van der Waals surface area contributed by atoms with E-state index in [4.69, 9.17) is 4.74 Å². The standard InChI is InChI=1S/C16H24N6O.HI/c1-5-22-12-19-20-15(22)10-18-16(17-2)21(3)11-13-6-8-14(23-4)9-7-13;/h6-9,12H,5,10-11H2,1-4H3,(H,17,18);1H. The second-order valence-electron chi connectivity index (χ2n) is 5.14. The van der Waals surface area contributed by atoms with E-state index < -0.39 is 0 Å². The SMILES string of the molecule is CCn1cnnc1CNC(=NC)N(C)Cc1ccc(OC)cc1.I. The van der Waals surface area contributed by atoms with Crippen LogP contribution in [0.4, 0.5) is 0 Å². The van der Waals surface area contributed by atoms with E-state index in [2.05, 4.69) is 44.5 Å². The molecule has 8 heteroatoms. The van der Waals surface area contributed by atoms with Crippen LogP contribution in [0.3, 0.4) is 0 Å². The molecule has 1 N–H and O–H groups in total. The lowest BCUT2D eigenvalue weighted by Gasteiger charge is -2.22. The number of ether oxygens (including phenoxy) is 1. The first kappa shape index (κ1) is 20.2. The maximum absolute atomic E-state index is 5.18. The predicted octanol–water partition coefficient (Wildman–Crippen LogP) is 2.13. The summed E-state index contributed by atoms with van der Waals surface area (Å²) in [6.45, 7) is 4.26. The van der Waals surface area contributed by atoms with Gasteiger partial charge >= 0.3 is 0 Å². The van der Waals surface area contributed by atoms with Crippen LogP contribution in [0.25, 0.3) is 0 Å². The van der Waals surface area contributed by atoms with Gasteiger partial charge in [-0.3, -0.25) is 4.99 Å². The van der Waals surface area contributed by atoms with Crippen molar-refractivity contribution in [1.29, 1.82) is 0 Å². The number of hydrogen-bond acceptors (Lipinski definition) is 4. The largest absolute Gasteiger partial charge is 0.497 e. The molecule has 0 aliphatic carbocycles. The molecule has 24 heavy (non-hydrogen) atoms. The van der Waals surface area contributed by atoms with E-state index in [1.165, 1.54) is 5.56 Å². The van der Waals surface area contributed by atoms with Crippen LogP contribution in [-0.4, -0.2) is 46.8 Å². The molecule has 1 aromatic heterocycles. The maximum Gasteiger partial charge on any atom is 0.194 e. The number of methoxy groups -OCH3 is 1. The van der Waals surface area contributed by atoms with Crippen molar-refractivity contribution >= 4 is 29.9 Å². The molecule has 0 atom stereocenters. The Morgan fingerprint density at radius 3 is 2.62 bits per heavy atom. The van der Waals surface area contributed by atoms with Crippen LogP contribution in [-0.2, 0) is 19.6 Å². The Labute approximate surface area is 160 Å². The second-order valence-corrected chi connectivity index (χ2v) is 5.14. The number of rotatable bonds is 6. The Kier molecular flexibility index (Phi) is 8.51. The van der Waals surface area contributed by atoms with E-state index in [1.54, 1.807) is 20.5 Å². The molecule has 2 rings (SSSR count). The summed E-state index contributed by atoms with van der Waals surface area (Å²) in [5.74, 6) is 2.57. The monoisotopic (exact) mass is 444 g/mol. The van der Waals surface area contributed by atoms with Crippen LogP contribution in [0.15, 0.2) is 35.6 Å². The van der Waals surface area contributed by atoms with Crippen molar-refractivity contribution in [3.8, 4) is 5.75 Å². The fraction of sp³-hybridized carbons (Fsp3) is 0.438. The first-order valence-corrected chi connectivity index (χ1v) is 7.59. The van der Waals surface area contributed by atoms with E-state index in [0.29, 0.717) is 6.54 Å². The van der Waals surface area contributed by atoms with Crippen molar-refractivity contribution in [3.63, 3.8) is 0 Å². The Hall–Kier alpha value is -1.84. The van der Waals surface area contributed by atoms with Crippen molar-refractivity contribution in [3.05, 3.63) is 42.0 Å². The number of aliphatic imine (C=N–C) groups is 1. The van der Waals surface area contributed by atoms with Gasteiger partial charge in [0.2, 0.25) is 0 Å². The van der Waals surface area contributed by atoms with Gasteiger partial charge in [-0.15, -0.1) is 34.2 Å². The summed E-state index contributed by atoms with van der Waals surface area (Å²) >= 11 is 0. The van der Waals surface area contributed by atoms with Crippen molar-refractivity contribution in [2.24, 2.45) is 4.99 Å². The molecule has 0 spiro atoms. The number of guanidine groups is 1. The fourth-order valence-electron chi connectivity index (χ4n) is 2.30. The van der Waals surface area contributed by atoms with Gasteiger partial charge in [-0.05, 0) is 24.6 Å². The molecule has 0 aliphatic heterocycles. The third kappa shape index (κ3) is 5.36. The summed E-state index contributed by atoms with van der Waals surface area (Å²) in [4.78, 5) is 6.39. The second kappa shape index (κ2) is 10.1. The van der Waals surface area contributed by atoms with Gasteiger partial charge in [-0.25, -0.2) is 0 Å². The number of benzene rings is 1. The Balaban J connectivity index is 0.00000288. The molecule has 1 aromatic carbocycles. The molecule has 7 nitrogen and oxygen atoms in total. The summed E-state index contributed by atoms with van der Waals surface area (Å²) < 4.78 is 7.18. The fourth-order valence-corrected chi connectivity index (χ4v) is 2.30. The van der Waals surface area contributed by atoms with Crippen molar-refractivity contribution < 1.29 is 4.74 Å². The highest BCUT2D eigenvalue weighted by Crippen LogP contribution is 2.12. The zero-order chi connectivity index (χ0) is 16.7. The lowest BCUT2D eigenvalue weighted by Crippen LogP contribution is -2.38. The quantitative estimate of drug-likeness (QED) is 0.420. The number of nitrogens with one attached hydrogen (secondary N) is 1. The molecular weight excluding hydrogens is 419 g/mol. The highest BCUT2D eigenvalue weighted by atomic mass is 127. The highest BCUT2D eigenvalue weighted by Gasteiger charge is 2.09. The van der Waals surface area contributed by atoms with Crippen molar-refractivity contribution in [1.82, 2.24) is 25.0 Å². The van der Waals surface area contributed by atoms with E-state index in [0.717, 1.165) is 30.6 Å². The molecule has 2 aromatic rings. The Morgan fingerprint density at radius 2 is 2.04 bits per heavy atom. The van der Waals surface area contributed by atoms with Gasteiger partial charge in [0.05, 0.1) is 13.7 Å². The Morgan fingerprint density at radius 1 is 1.33 bits per heavy atom. The summed E-state index contributed by atoms with van der Waals surface area (Å²) in [5.41, 5.74) is 1.19. The molecule has 0 bridgehead atoms. The van der Waals surface area contributed by atoms with Gasteiger partial charge in [0.25, 0.3) is 0 Å². The zero-order valence-corrected chi connectivity index (χ0v) is 16.9. The maximum atomic E-state index is 5.18. The zero-order valence-electron chi connectivity index (χ0n) is 14.6. The molecule has 132 valence electrons. The van der Waals surface area contributed by atoms with E-state index in [1.807, 2.05) is 23.7 Å². The molecule has 0 radical (unpaired) electrons. The first-order chi connectivity index (χ1) is 11.2. The first-order valence-electron chi connectivity index (χ1n) is 7.59. The molecular formula is C16H25IN6O. The van der Waals surface area contributed by atoms with Crippen LogP contribution >= 0.6 is 24.0 Å². The molecule has 0 saturated heterocycles. The van der Waals surface area contributed by atoms with Gasteiger partial charge in [0.1, 0.15) is 12.1 Å². The van der Waals surface area contributed by atoms with Gasteiger partial charge < -0.3 is 19.5 Å². The molecule has 1 heterocycles. The summed E-state index contributed by atoms with van der Waals surface area (Å²) in [6, 6.07) is 8.03.